The van der Waals surface area contributed by atoms with Crippen molar-refractivity contribution >= 4 is 5.78 Å². The van der Waals surface area contributed by atoms with Gasteiger partial charge < -0.3 is 0 Å². The fourth-order valence-electron chi connectivity index (χ4n) is 1.26. The first-order valence-corrected chi connectivity index (χ1v) is 4.68. The Bertz CT molecular complexity index is 336. The van der Waals surface area contributed by atoms with Crippen LogP contribution >= 0.6 is 0 Å². The summed E-state index contributed by atoms with van der Waals surface area (Å²) in [5.74, 6) is -0.558. The quantitative estimate of drug-likeness (QED) is 0.659. The SMILES string of the molecule is CC(C)(C)CC(=O)c1ccccc1F. The number of hydrogen-bond acceptors (Lipinski definition) is 1. The van der Waals surface area contributed by atoms with Gasteiger partial charge in [0.25, 0.3) is 0 Å². The van der Waals surface area contributed by atoms with Crippen molar-refractivity contribution < 1.29 is 9.18 Å². The maximum absolute atomic E-state index is 13.2. The van der Waals surface area contributed by atoms with Gasteiger partial charge in [-0.15, -0.1) is 0 Å². The summed E-state index contributed by atoms with van der Waals surface area (Å²) in [6, 6.07) is 6.11. The zero-order valence-corrected chi connectivity index (χ0v) is 8.80. The van der Waals surface area contributed by atoms with Crippen molar-refractivity contribution in [3.63, 3.8) is 0 Å². The first-order chi connectivity index (χ1) is 6.40. The minimum atomic E-state index is -0.429. The topological polar surface area (TPSA) is 17.1 Å². The zero-order chi connectivity index (χ0) is 10.8. The average Bonchev–Trinajstić information content (AvgIpc) is 2.01. The summed E-state index contributed by atoms with van der Waals surface area (Å²) in [5.41, 5.74) is 0.0988. The van der Waals surface area contributed by atoms with Crippen molar-refractivity contribution in [2.45, 2.75) is 27.2 Å². The Morgan fingerprint density at radius 3 is 2.36 bits per heavy atom. The van der Waals surface area contributed by atoms with Crippen LogP contribution in [0.1, 0.15) is 37.6 Å². The van der Waals surface area contributed by atoms with Gasteiger partial charge >= 0.3 is 0 Å². The lowest BCUT2D eigenvalue weighted by Crippen LogP contribution is -2.14. The number of ketones is 1. The van der Waals surface area contributed by atoms with Crippen molar-refractivity contribution in [2.24, 2.45) is 5.41 Å². The highest BCUT2D eigenvalue weighted by molar-refractivity contribution is 5.96. The van der Waals surface area contributed by atoms with Gasteiger partial charge in [-0.1, -0.05) is 32.9 Å². The molecule has 0 bridgehead atoms. The van der Waals surface area contributed by atoms with Gasteiger partial charge in [0.15, 0.2) is 5.78 Å². The second-order valence-corrected chi connectivity index (χ2v) is 4.64. The Hall–Kier alpha value is -1.18. The number of halogens is 1. The summed E-state index contributed by atoms with van der Waals surface area (Å²) in [4.78, 5) is 11.6. The normalized spacial score (nSPS) is 11.4. The van der Waals surface area contributed by atoms with Gasteiger partial charge in [0, 0.05) is 6.42 Å². The van der Waals surface area contributed by atoms with Crippen LogP contribution in [-0.2, 0) is 0 Å². The lowest BCUT2D eigenvalue weighted by molar-refractivity contribution is 0.0936. The highest BCUT2D eigenvalue weighted by Gasteiger charge is 2.19. The van der Waals surface area contributed by atoms with Crippen molar-refractivity contribution in [2.75, 3.05) is 0 Å². The summed E-state index contributed by atoms with van der Waals surface area (Å²) in [7, 11) is 0. The first kappa shape index (κ1) is 10.9. The highest BCUT2D eigenvalue weighted by atomic mass is 19.1. The van der Waals surface area contributed by atoms with Crippen LogP contribution in [0.2, 0.25) is 0 Å². The molecule has 0 unspecified atom stereocenters. The Morgan fingerprint density at radius 1 is 1.29 bits per heavy atom. The molecule has 0 heterocycles. The Labute approximate surface area is 83.9 Å². The molecule has 0 aliphatic heterocycles. The van der Waals surface area contributed by atoms with Gasteiger partial charge in [-0.2, -0.15) is 0 Å². The molecule has 1 rings (SSSR count). The van der Waals surface area contributed by atoms with E-state index < -0.39 is 5.82 Å². The van der Waals surface area contributed by atoms with Crippen LogP contribution in [0.15, 0.2) is 24.3 Å². The van der Waals surface area contributed by atoms with E-state index in [9.17, 15) is 9.18 Å². The van der Waals surface area contributed by atoms with Crippen LogP contribution < -0.4 is 0 Å². The molecule has 76 valence electrons. The molecule has 0 N–H and O–H groups in total. The van der Waals surface area contributed by atoms with E-state index in [1.807, 2.05) is 20.8 Å². The second kappa shape index (κ2) is 3.91. The van der Waals surface area contributed by atoms with Crippen LogP contribution in [0.25, 0.3) is 0 Å². The molecular weight excluding hydrogens is 179 g/mol. The monoisotopic (exact) mass is 194 g/mol. The molecule has 1 aromatic carbocycles. The molecule has 0 fully saturated rings. The van der Waals surface area contributed by atoms with Crippen molar-refractivity contribution in [1.29, 1.82) is 0 Å². The van der Waals surface area contributed by atoms with Gasteiger partial charge in [0.2, 0.25) is 0 Å². The van der Waals surface area contributed by atoms with Crippen LogP contribution in [0.4, 0.5) is 4.39 Å². The van der Waals surface area contributed by atoms with E-state index in [-0.39, 0.29) is 16.8 Å². The summed E-state index contributed by atoms with van der Waals surface area (Å²) in [6.07, 6.45) is 0.369. The fraction of sp³-hybridized carbons (Fsp3) is 0.417. The third-order valence-corrected chi connectivity index (χ3v) is 1.87. The number of carbonyl (C=O) groups excluding carboxylic acids is 1. The average molecular weight is 194 g/mol. The summed E-state index contributed by atoms with van der Waals surface area (Å²) in [5, 5.41) is 0. The van der Waals surface area contributed by atoms with Gasteiger partial charge in [-0.25, -0.2) is 4.39 Å². The molecule has 14 heavy (non-hydrogen) atoms. The molecule has 0 spiro atoms. The van der Waals surface area contributed by atoms with Crippen molar-refractivity contribution in [1.82, 2.24) is 0 Å². The number of hydrogen-bond donors (Lipinski definition) is 0. The smallest absolute Gasteiger partial charge is 0.166 e. The minimum absolute atomic E-state index is 0.0979. The van der Waals surface area contributed by atoms with E-state index in [4.69, 9.17) is 0 Å². The number of carbonyl (C=O) groups is 1. The molecule has 0 radical (unpaired) electrons. The lowest BCUT2D eigenvalue weighted by Gasteiger charge is -2.16. The highest BCUT2D eigenvalue weighted by Crippen LogP contribution is 2.22. The third kappa shape index (κ3) is 2.95. The number of Topliss-reactive ketones (excluding diaryl/α,β-unsaturated/α-hetero) is 1. The fourth-order valence-corrected chi connectivity index (χ4v) is 1.26. The molecule has 0 saturated heterocycles. The van der Waals surface area contributed by atoms with Crippen LogP contribution in [-0.4, -0.2) is 5.78 Å². The molecule has 1 nitrogen and oxygen atoms in total. The Balaban J connectivity index is 2.86. The predicted octanol–water partition coefficient (Wildman–Crippen LogP) is 3.44. The molecule has 0 aliphatic carbocycles. The van der Waals surface area contributed by atoms with Crippen molar-refractivity contribution in [3.8, 4) is 0 Å². The van der Waals surface area contributed by atoms with Gasteiger partial charge in [-0.05, 0) is 17.5 Å². The first-order valence-electron chi connectivity index (χ1n) is 4.68. The van der Waals surface area contributed by atoms with Crippen LogP contribution in [0.5, 0.6) is 0 Å². The zero-order valence-electron chi connectivity index (χ0n) is 8.80. The lowest BCUT2D eigenvalue weighted by atomic mass is 9.88. The predicted molar refractivity (Wildman–Crippen MR) is 54.8 cm³/mol. The molecule has 0 saturated carbocycles. The van der Waals surface area contributed by atoms with Crippen molar-refractivity contribution in [3.05, 3.63) is 35.6 Å². The van der Waals surface area contributed by atoms with Gasteiger partial charge in [0.1, 0.15) is 5.82 Å². The Morgan fingerprint density at radius 2 is 1.86 bits per heavy atom. The molecular formula is C12H15FO. The Kier molecular flexibility index (Phi) is 3.04. The molecule has 2 heteroatoms. The van der Waals surface area contributed by atoms with Crippen LogP contribution in [0, 0.1) is 11.2 Å². The maximum Gasteiger partial charge on any atom is 0.166 e. The second-order valence-electron chi connectivity index (χ2n) is 4.64. The molecule has 1 aromatic rings. The molecule has 0 atom stereocenters. The summed E-state index contributed by atoms with van der Waals surface area (Å²) < 4.78 is 13.2. The van der Waals surface area contributed by atoms with Crippen LogP contribution in [0.3, 0.4) is 0 Å². The van der Waals surface area contributed by atoms with Gasteiger partial charge in [-0.3, -0.25) is 4.79 Å². The molecule has 0 amide bonds. The van der Waals surface area contributed by atoms with E-state index in [0.29, 0.717) is 6.42 Å². The summed E-state index contributed by atoms with van der Waals surface area (Å²) >= 11 is 0. The number of rotatable bonds is 2. The minimum Gasteiger partial charge on any atom is -0.294 e. The molecule has 0 aliphatic rings. The summed E-state index contributed by atoms with van der Waals surface area (Å²) in [6.45, 7) is 5.89. The third-order valence-electron chi connectivity index (χ3n) is 1.87. The van der Waals surface area contributed by atoms with E-state index in [1.165, 1.54) is 12.1 Å². The van der Waals surface area contributed by atoms with Gasteiger partial charge in [0.05, 0.1) is 5.56 Å². The largest absolute Gasteiger partial charge is 0.294 e. The standard InChI is InChI=1S/C12H15FO/c1-12(2,3)8-11(14)9-6-4-5-7-10(9)13/h4-7H,8H2,1-3H3. The van der Waals surface area contributed by atoms with E-state index in [2.05, 4.69) is 0 Å². The number of benzene rings is 1. The van der Waals surface area contributed by atoms with E-state index in [0.717, 1.165) is 0 Å². The van der Waals surface area contributed by atoms with E-state index >= 15 is 0 Å². The van der Waals surface area contributed by atoms with E-state index in [1.54, 1.807) is 12.1 Å². The maximum atomic E-state index is 13.2. The molecule has 0 aromatic heterocycles.